The third-order valence-electron chi connectivity index (χ3n) is 4.84. The lowest BCUT2D eigenvalue weighted by molar-refractivity contribution is 0.521. The maximum Gasteiger partial charge on any atom is 0.242 e. The van der Waals surface area contributed by atoms with Gasteiger partial charge in [-0.3, -0.25) is 0 Å². The molecule has 0 radical (unpaired) electrons. The summed E-state index contributed by atoms with van der Waals surface area (Å²) < 4.78 is 42.2. The number of hydrogen-bond acceptors (Lipinski definition) is 6. The van der Waals surface area contributed by atoms with E-state index in [1.54, 1.807) is 36.0 Å². The first-order chi connectivity index (χ1) is 14.8. The lowest BCUT2D eigenvalue weighted by Crippen LogP contribution is -2.22. The van der Waals surface area contributed by atoms with Crippen LogP contribution in [0.15, 0.2) is 57.1 Å². The molecule has 0 unspecified atom stereocenters. The van der Waals surface area contributed by atoms with Gasteiger partial charge >= 0.3 is 0 Å². The summed E-state index contributed by atoms with van der Waals surface area (Å²) in [6.45, 7) is 2.76. The molecule has 0 saturated carbocycles. The fraction of sp³-hybridized carbons (Fsp3) is 0.238. The molecule has 0 saturated heterocycles. The number of thiazole rings is 1. The maximum atomic E-state index is 13.1. The molecule has 162 valence electrons. The van der Waals surface area contributed by atoms with Crippen molar-refractivity contribution in [2.24, 2.45) is 0 Å². The van der Waals surface area contributed by atoms with Gasteiger partial charge in [0.2, 0.25) is 10.0 Å². The largest absolute Gasteiger partial charge is 0.328 e. The monoisotopic (exact) mass is 476 g/mol. The van der Waals surface area contributed by atoms with Crippen LogP contribution in [0.3, 0.4) is 0 Å². The zero-order chi connectivity index (χ0) is 22.2. The number of thioether (sulfide) groups is 1. The van der Waals surface area contributed by atoms with Gasteiger partial charge in [-0.2, -0.15) is 0 Å². The molecule has 2 heterocycles. The number of sulfonamides is 1. The average molecular weight is 477 g/mol. The van der Waals surface area contributed by atoms with Crippen molar-refractivity contribution in [2.75, 3.05) is 14.1 Å². The second kappa shape index (κ2) is 8.70. The van der Waals surface area contributed by atoms with Gasteiger partial charge in [-0.05, 0) is 49.4 Å². The molecule has 0 aliphatic carbocycles. The Morgan fingerprint density at radius 1 is 1.13 bits per heavy atom. The van der Waals surface area contributed by atoms with Crippen molar-refractivity contribution < 1.29 is 12.8 Å². The van der Waals surface area contributed by atoms with Gasteiger partial charge in [-0.1, -0.05) is 11.8 Å². The fourth-order valence-corrected chi connectivity index (χ4v) is 5.90. The van der Waals surface area contributed by atoms with Crippen molar-refractivity contribution in [1.29, 1.82) is 0 Å². The van der Waals surface area contributed by atoms with Gasteiger partial charge in [0.25, 0.3) is 0 Å². The Bertz CT molecular complexity index is 1330. The van der Waals surface area contributed by atoms with Crippen LogP contribution in [0.25, 0.3) is 22.3 Å². The second-order valence-corrected chi connectivity index (χ2v) is 11.2. The van der Waals surface area contributed by atoms with E-state index in [1.165, 1.54) is 41.9 Å². The summed E-state index contributed by atoms with van der Waals surface area (Å²) in [6.07, 6.45) is 0. The predicted octanol–water partition coefficient (Wildman–Crippen LogP) is 4.86. The van der Waals surface area contributed by atoms with E-state index in [9.17, 15) is 12.8 Å². The van der Waals surface area contributed by atoms with Crippen LogP contribution >= 0.6 is 23.1 Å². The molecule has 0 spiro atoms. The Morgan fingerprint density at radius 2 is 1.87 bits per heavy atom. The number of fused-ring (bicyclic) bond motifs is 1. The van der Waals surface area contributed by atoms with Crippen molar-refractivity contribution in [3.8, 4) is 11.3 Å². The average Bonchev–Trinajstić information content (AvgIpc) is 3.36. The summed E-state index contributed by atoms with van der Waals surface area (Å²) in [4.78, 5) is 9.57. The van der Waals surface area contributed by atoms with Crippen LogP contribution in [0.2, 0.25) is 0 Å². The standard InChI is InChI=1S/C21H21FN4O2S3/c1-4-26-19-10-9-16(31(27,28)25(2)3)11-17(19)23-20(26)13-30-21-24-18(12-29-21)14-5-7-15(22)8-6-14/h5-12H,4,13H2,1-3H3. The van der Waals surface area contributed by atoms with Crippen molar-refractivity contribution in [1.82, 2.24) is 18.8 Å². The van der Waals surface area contributed by atoms with E-state index in [4.69, 9.17) is 4.98 Å². The van der Waals surface area contributed by atoms with Gasteiger partial charge in [-0.25, -0.2) is 27.1 Å². The first kappa shape index (κ1) is 21.9. The highest BCUT2D eigenvalue weighted by Crippen LogP contribution is 2.31. The minimum atomic E-state index is -3.51. The topological polar surface area (TPSA) is 68.1 Å². The molecule has 0 amide bonds. The summed E-state index contributed by atoms with van der Waals surface area (Å²) in [7, 11) is -0.485. The number of benzene rings is 2. The molecule has 0 aliphatic heterocycles. The highest BCUT2D eigenvalue weighted by molar-refractivity contribution is 8.00. The normalized spacial score (nSPS) is 12.2. The van der Waals surface area contributed by atoms with Gasteiger partial charge in [0.15, 0.2) is 4.34 Å². The zero-order valence-corrected chi connectivity index (χ0v) is 19.7. The van der Waals surface area contributed by atoms with Crippen molar-refractivity contribution >= 4 is 44.2 Å². The van der Waals surface area contributed by atoms with Crippen molar-refractivity contribution in [2.45, 2.75) is 28.5 Å². The summed E-state index contributed by atoms with van der Waals surface area (Å²) in [5.74, 6) is 1.20. The Labute approximate surface area is 188 Å². The summed E-state index contributed by atoms with van der Waals surface area (Å²) in [5.41, 5.74) is 3.25. The molecule has 0 atom stereocenters. The molecule has 2 aromatic carbocycles. The molecular formula is C21H21FN4O2S3. The number of imidazole rings is 1. The number of rotatable bonds is 7. The quantitative estimate of drug-likeness (QED) is 0.356. The summed E-state index contributed by atoms with van der Waals surface area (Å²) >= 11 is 3.11. The molecule has 10 heteroatoms. The van der Waals surface area contributed by atoms with Gasteiger partial charge in [-0.15, -0.1) is 11.3 Å². The molecule has 0 aliphatic rings. The predicted molar refractivity (Wildman–Crippen MR) is 123 cm³/mol. The number of nitrogens with zero attached hydrogens (tertiary/aromatic N) is 4. The fourth-order valence-electron chi connectivity index (χ4n) is 3.20. The molecular weight excluding hydrogens is 455 g/mol. The van der Waals surface area contributed by atoms with E-state index in [0.717, 1.165) is 33.5 Å². The Morgan fingerprint density at radius 3 is 2.55 bits per heavy atom. The van der Waals surface area contributed by atoms with Gasteiger partial charge < -0.3 is 4.57 Å². The first-order valence-corrected chi connectivity index (χ1v) is 12.9. The van der Waals surface area contributed by atoms with E-state index in [2.05, 4.69) is 9.55 Å². The summed E-state index contributed by atoms with van der Waals surface area (Å²) in [6, 6.07) is 11.3. The van der Waals surface area contributed by atoms with Crippen LogP contribution in [0, 0.1) is 5.82 Å². The van der Waals surface area contributed by atoms with Crippen LogP contribution < -0.4 is 0 Å². The van der Waals surface area contributed by atoms with Gasteiger partial charge in [0.05, 0.1) is 27.4 Å². The molecule has 4 rings (SSSR count). The molecule has 4 aromatic rings. The van der Waals surface area contributed by atoms with E-state index in [1.807, 2.05) is 18.4 Å². The number of aromatic nitrogens is 3. The van der Waals surface area contributed by atoms with Crippen LogP contribution in [0.5, 0.6) is 0 Å². The van der Waals surface area contributed by atoms with Crippen molar-refractivity contribution in [3.05, 3.63) is 59.5 Å². The smallest absolute Gasteiger partial charge is 0.242 e. The van der Waals surface area contributed by atoms with Gasteiger partial charge in [0, 0.05) is 31.6 Å². The van der Waals surface area contributed by atoms with E-state index in [-0.39, 0.29) is 10.7 Å². The number of aryl methyl sites for hydroxylation is 1. The Kier molecular flexibility index (Phi) is 6.16. The third-order valence-corrected chi connectivity index (χ3v) is 8.67. The van der Waals surface area contributed by atoms with E-state index < -0.39 is 10.0 Å². The zero-order valence-electron chi connectivity index (χ0n) is 17.2. The molecule has 6 nitrogen and oxygen atoms in total. The van der Waals surface area contributed by atoms with Crippen LogP contribution in [-0.2, 0) is 22.3 Å². The second-order valence-electron chi connectivity index (χ2n) is 7.00. The Balaban J connectivity index is 1.58. The SMILES string of the molecule is CCn1c(CSc2nc(-c3ccc(F)cc3)cs2)nc2cc(S(=O)(=O)N(C)C)ccc21. The lowest BCUT2D eigenvalue weighted by Gasteiger charge is -2.11. The molecule has 2 aromatic heterocycles. The maximum absolute atomic E-state index is 13.1. The van der Waals surface area contributed by atoms with Crippen LogP contribution in [0.4, 0.5) is 4.39 Å². The molecule has 0 N–H and O–H groups in total. The number of hydrogen-bond donors (Lipinski definition) is 0. The Hall–Kier alpha value is -2.27. The summed E-state index contributed by atoms with van der Waals surface area (Å²) in [5, 5.41) is 1.96. The number of halogens is 1. The minimum Gasteiger partial charge on any atom is -0.328 e. The lowest BCUT2D eigenvalue weighted by atomic mass is 10.2. The highest BCUT2D eigenvalue weighted by Gasteiger charge is 2.19. The first-order valence-electron chi connectivity index (χ1n) is 9.55. The van der Waals surface area contributed by atoms with Gasteiger partial charge in [0.1, 0.15) is 11.6 Å². The molecule has 0 bridgehead atoms. The van der Waals surface area contributed by atoms with E-state index in [0.29, 0.717) is 11.3 Å². The third kappa shape index (κ3) is 4.38. The molecule has 0 fully saturated rings. The van der Waals surface area contributed by atoms with E-state index >= 15 is 0 Å². The van der Waals surface area contributed by atoms with Crippen LogP contribution in [0.1, 0.15) is 12.7 Å². The highest BCUT2D eigenvalue weighted by atomic mass is 32.2. The minimum absolute atomic E-state index is 0.230. The van der Waals surface area contributed by atoms with Crippen LogP contribution in [-0.4, -0.2) is 41.4 Å². The van der Waals surface area contributed by atoms with Crippen molar-refractivity contribution in [3.63, 3.8) is 0 Å². The molecule has 31 heavy (non-hydrogen) atoms.